The van der Waals surface area contributed by atoms with Gasteiger partial charge in [-0.15, -0.1) is 0 Å². The molecule has 0 saturated carbocycles. The monoisotopic (exact) mass is 1060 g/mol. The van der Waals surface area contributed by atoms with E-state index in [-0.39, 0.29) is 65.0 Å². The molecule has 0 aliphatic rings. The molecule has 0 N–H and O–H groups in total. The molecule has 0 atom stereocenters. The summed E-state index contributed by atoms with van der Waals surface area (Å²) in [6.07, 6.45) is 0. The minimum absolute atomic E-state index is 0.127. The molecule has 0 heterocycles. The van der Waals surface area contributed by atoms with Gasteiger partial charge < -0.3 is 0 Å². The van der Waals surface area contributed by atoms with Gasteiger partial charge in [-0.05, 0) is 0 Å². The van der Waals surface area contributed by atoms with Crippen molar-refractivity contribution >= 4 is 13.2 Å². The van der Waals surface area contributed by atoms with E-state index in [4.69, 9.17) is 13.6 Å². The van der Waals surface area contributed by atoms with Crippen LogP contribution in [0.1, 0.15) is 316 Å². The first-order chi connectivity index (χ1) is 33.2. The fourth-order valence-corrected chi connectivity index (χ4v) is 13.5. The number of hydrogen-bond donors (Lipinski definition) is 0. The first-order valence-electron chi connectivity index (χ1n) is 29.1. The van der Waals surface area contributed by atoms with E-state index in [1.54, 1.807) is 0 Å². The van der Waals surface area contributed by atoms with E-state index in [1.807, 2.05) is 0 Å². The predicted octanol–water partition coefficient (Wildman–Crippen LogP) is 21.6. The van der Waals surface area contributed by atoms with Gasteiger partial charge in [0.25, 0.3) is 0 Å². The summed E-state index contributed by atoms with van der Waals surface area (Å²) in [6.45, 7) is 84.6. The van der Waals surface area contributed by atoms with Crippen LogP contribution >= 0.6 is 7.94 Å². The molecule has 3 nitrogen and oxygen atoms in total. The second kappa shape index (κ2) is 20.1. The van der Waals surface area contributed by atoms with E-state index >= 15 is 0 Å². The van der Waals surface area contributed by atoms with E-state index in [0.29, 0.717) is 0 Å². The van der Waals surface area contributed by atoms with Crippen LogP contribution in [0.15, 0.2) is 48.5 Å². The van der Waals surface area contributed by atoms with Crippen LogP contribution < -0.4 is 18.9 Å². The minimum atomic E-state index is -4.64. The van der Waals surface area contributed by atoms with Crippen LogP contribution in [-0.4, -0.2) is 0 Å². The van der Waals surface area contributed by atoms with Crippen molar-refractivity contribution in [2.24, 2.45) is 0 Å². The van der Waals surface area contributed by atoms with Crippen LogP contribution in [0.3, 0.4) is 0 Å². The molecule has 0 bridgehead atoms. The Morgan fingerprint density at radius 1 is 0.197 bits per heavy atom. The van der Waals surface area contributed by atoms with Crippen molar-refractivity contribution in [2.75, 3.05) is 0 Å². The summed E-state index contributed by atoms with van der Waals surface area (Å²) in [6, 6.07) is 19.7. The van der Waals surface area contributed by atoms with Crippen molar-refractivity contribution in [3.63, 3.8) is 0 Å². The Labute approximate surface area is 471 Å². The van der Waals surface area contributed by atoms with Gasteiger partial charge in [0, 0.05) is 0 Å². The van der Waals surface area contributed by atoms with Crippen LogP contribution in [0.4, 0.5) is 0 Å². The summed E-state index contributed by atoms with van der Waals surface area (Å²) in [5, 5.41) is 1.05. The normalized spacial score (nSPS) is 14.8. The molecular weight excluding hydrogens is 944 g/mol. The molecule has 0 aliphatic heterocycles. The third-order valence-corrected chi connectivity index (χ3v) is 17.9. The second-order valence-electron chi connectivity index (χ2n) is 35.5. The molecule has 76 heavy (non-hydrogen) atoms. The summed E-state index contributed by atoms with van der Waals surface area (Å²) < 4.78 is 26.5. The molecule has 4 rings (SSSR count). The van der Waals surface area contributed by atoms with Crippen molar-refractivity contribution in [3.8, 4) is 17.2 Å². The molecule has 4 heteroatoms. The molecule has 428 valence electrons. The SMILES string of the molecule is CC(C)(C)c1cc(C(C)(C)C)c(O[PH](Oc2c(C(C)(C)C)cc(C(C)(C)C)cc2C(C)(C)C)(Oc2c(C(C)(C)C)cc(C(C)(C)C)cc2C(C)(C)C)c2c(C(C)(C)C)cc(C(C)(C)C)cc2C(C)(C)C)c(C(C)(C)C)c1. The Hall–Kier alpha value is -3.29. The van der Waals surface area contributed by atoms with Gasteiger partial charge in [0.1, 0.15) is 0 Å². The van der Waals surface area contributed by atoms with E-state index < -0.39 is 7.94 Å². The van der Waals surface area contributed by atoms with Gasteiger partial charge in [-0.25, -0.2) is 0 Å². The maximum atomic E-state index is 8.84. The van der Waals surface area contributed by atoms with Crippen molar-refractivity contribution in [1.82, 2.24) is 0 Å². The molecule has 0 amide bonds. The Morgan fingerprint density at radius 3 is 0.447 bits per heavy atom. The number of hydrogen-bond acceptors (Lipinski definition) is 3. The first kappa shape index (κ1) is 65.2. The molecular formula is C72H117O3P. The fraction of sp³-hybridized carbons (Fsp3) is 0.667. The zero-order valence-corrected chi connectivity index (χ0v) is 57.3. The summed E-state index contributed by atoms with van der Waals surface area (Å²) in [4.78, 5) is 0. The second-order valence-corrected chi connectivity index (χ2v) is 37.7. The Balaban J connectivity index is 2.77. The Morgan fingerprint density at radius 2 is 0.329 bits per heavy atom. The fourth-order valence-electron chi connectivity index (χ4n) is 10.1. The van der Waals surface area contributed by atoms with E-state index in [1.165, 1.54) is 33.4 Å². The van der Waals surface area contributed by atoms with Gasteiger partial charge in [0.05, 0.1) is 0 Å². The summed E-state index contributed by atoms with van der Waals surface area (Å²) in [5.41, 5.74) is 11.1. The van der Waals surface area contributed by atoms with E-state index in [9.17, 15) is 0 Å². The maximum absolute atomic E-state index is 8.84. The zero-order chi connectivity index (χ0) is 59.5. The van der Waals surface area contributed by atoms with Crippen molar-refractivity contribution in [3.05, 3.63) is 115 Å². The molecule has 0 radical (unpaired) electrons. The predicted molar refractivity (Wildman–Crippen MR) is 340 cm³/mol. The molecule has 0 aliphatic carbocycles. The average Bonchev–Trinajstić information content (AvgIpc) is 3.15. The Bertz CT molecular complexity index is 2370. The number of benzene rings is 4. The molecule has 4 aromatic carbocycles. The number of rotatable bonds is 7. The van der Waals surface area contributed by atoms with Gasteiger partial charge in [-0.2, -0.15) is 0 Å². The third-order valence-electron chi connectivity index (χ3n) is 15.3. The van der Waals surface area contributed by atoms with Crippen molar-refractivity contribution < 1.29 is 13.6 Å². The van der Waals surface area contributed by atoms with Crippen molar-refractivity contribution in [2.45, 2.75) is 314 Å². The van der Waals surface area contributed by atoms with Crippen LogP contribution in [0, 0.1) is 0 Å². The Kier molecular flexibility index (Phi) is 17.2. The third kappa shape index (κ3) is 14.5. The van der Waals surface area contributed by atoms with E-state index in [0.717, 1.165) is 55.9 Å². The molecule has 0 fully saturated rings. The topological polar surface area (TPSA) is 27.7 Å². The van der Waals surface area contributed by atoms with Crippen LogP contribution in [-0.2, 0) is 65.0 Å². The summed E-state index contributed by atoms with van der Waals surface area (Å²) in [5.74, 6) is 2.59. The average molecular weight is 1060 g/mol. The first-order valence-corrected chi connectivity index (χ1v) is 30.8. The quantitative estimate of drug-likeness (QED) is 0.173. The van der Waals surface area contributed by atoms with Crippen molar-refractivity contribution in [1.29, 1.82) is 0 Å². The molecule has 0 spiro atoms. The van der Waals surface area contributed by atoms with Gasteiger partial charge in [-0.3, -0.25) is 0 Å². The van der Waals surface area contributed by atoms with Gasteiger partial charge in [-0.1, -0.05) is 0 Å². The molecule has 0 unspecified atom stereocenters. The molecule has 0 aromatic heterocycles. The summed E-state index contributed by atoms with van der Waals surface area (Å²) in [7, 11) is -4.64. The zero-order valence-electron chi connectivity index (χ0n) is 56.3. The van der Waals surface area contributed by atoms with Crippen LogP contribution in [0.25, 0.3) is 0 Å². The van der Waals surface area contributed by atoms with Gasteiger partial charge in [0.2, 0.25) is 0 Å². The van der Waals surface area contributed by atoms with Gasteiger partial charge >= 0.3 is 474 Å². The van der Waals surface area contributed by atoms with Crippen LogP contribution in [0.2, 0.25) is 0 Å². The molecule has 4 aromatic rings. The standard InChI is InChI=1S/C72H117O3P/c1-61(2,3)45-37-49(65(13,14)15)57(50(38-45)66(16,17)18)73-76(60-55(71(31,32)33)43-48(64(10,11)12)44-56(60)72(34,35)36,74-58-51(67(19,20)21)39-46(62(4,5)6)40-52(58)68(22,23)24)75-59-53(69(25,26)27)41-47(63(7,8)9)42-54(59)70(28,29)30/h37-44,76H,1-36H3. The molecule has 0 saturated heterocycles. The van der Waals surface area contributed by atoms with Gasteiger partial charge in [0.15, 0.2) is 0 Å². The van der Waals surface area contributed by atoms with Crippen LogP contribution in [0.5, 0.6) is 17.2 Å². The van der Waals surface area contributed by atoms with E-state index in [2.05, 4.69) is 298 Å². The summed E-state index contributed by atoms with van der Waals surface area (Å²) >= 11 is 0.